The number of rotatable bonds is 4. The van der Waals surface area contributed by atoms with Crippen LogP contribution < -0.4 is 11.2 Å². The van der Waals surface area contributed by atoms with Gasteiger partial charge in [-0.05, 0) is 42.6 Å². The Labute approximate surface area is 107 Å². The van der Waals surface area contributed by atoms with Crippen molar-refractivity contribution in [3.63, 3.8) is 0 Å². The van der Waals surface area contributed by atoms with E-state index in [-0.39, 0.29) is 5.11 Å². The van der Waals surface area contributed by atoms with Crippen molar-refractivity contribution in [2.24, 2.45) is 16.8 Å². The second-order valence-electron chi connectivity index (χ2n) is 4.30. The van der Waals surface area contributed by atoms with Crippen molar-refractivity contribution in [3.05, 3.63) is 35.4 Å². The summed E-state index contributed by atoms with van der Waals surface area (Å²) >= 11 is 4.77. The number of aryl methyl sites for hydroxylation is 1. The van der Waals surface area contributed by atoms with Gasteiger partial charge in [-0.2, -0.15) is 5.10 Å². The third kappa shape index (κ3) is 3.27. The number of nitrogens with one attached hydrogen (secondary N) is 1. The molecule has 1 fully saturated rings. The van der Waals surface area contributed by atoms with Crippen LogP contribution >= 0.6 is 12.2 Å². The summed E-state index contributed by atoms with van der Waals surface area (Å²) < 4.78 is 0. The van der Waals surface area contributed by atoms with E-state index in [0.717, 1.165) is 17.7 Å². The van der Waals surface area contributed by atoms with Crippen LogP contribution in [-0.4, -0.2) is 10.8 Å². The smallest absolute Gasteiger partial charge is 0.184 e. The first-order valence-corrected chi connectivity index (χ1v) is 6.34. The van der Waals surface area contributed by atoms with Crippen LogP contribution in [0.1, 0.15) is 30.9 Å². The summed E-state index contributed by atoms with van der Waals surface area (Å²) in [5.74, 6) is 0.560. The number of nitrogens with zero attached hydrogens (tertiary/aromatic N) is 1. The van der Waals surface area contributed by atoms with E-state index in [0.29, 0.717) is 5.92 Å². The summed E-state index contributed by atoms with van der Waals surface area (Å²) in [4.78, 5) is 0. The van der Waals surface area contributed by atoms with Crippen LogP contribution in [0.15, 0.2) is 29.4 Å². The largest absolute Gasteiger partial charge is 0.375 e. The fraction of sp³-hybridized carbons (Fsp3) is 0.385. The van der Waals surface area contributed by atoms with E-state index in [2.05, 4.69) is 41.7 Å². The first-order chi connectivity index (χ1) is 8.20. The number of nitrogens with two attached hydrogens (primary N) is 1. The minimum Gasteiger partial charge on any atom is -0.375 e. The van der Waals surface area contributed by atoms with Gasteiger partial charge < -0.3 is 5.73 Å². The maximum Gasteiger partial charge on any atom is 0.184 e. The molecule has 90 valence electrons. The third-order valence-electron chi connectivity index (χ3n) is 2.91. The van der Waals surface area contributed by atoms with Gasteiger partial charge in [0.25, 0.3) is 0 Å². The number of benzene rings is 1. The molecule has 3 nitrogen and oxygen atoms in total. The number of hydrogen-bond donors (Lipinski definition) is 2. The molecule has 4 heteroatoms. The molecule has 1 saturated carbocycles. The summed E-state index contributed by atoms with van der Waals surface area (Å²) in [5.41, 5.74) is 11.7. The van der Waals surface area contributed by atoms with Crippen molar-refractivity contribution < 1.29 is 0 Å². The molecule has 0 unspecified atom stereocenters. The molecule has 0 radical (unpaired) electrons. The Bertz CT molecular complexity index is 432. The lowest BCUT2D eigenvalue weighted by Crippen LogP contribution is -2.26. The maximum absolute atomic E-state index is 5.40. The van der Waals surface area contributed by atoms with Crippen LogP contribution in [0.3, 0.4) is 0 Å². The maximum atomic E-state index is 5.40. The Hall–Kier alpha value is -1.42. The molecule has 3 N–H and O–H groups in total. The normalized spacial score (nSPS) is 15.7. The zero-order chi connectivity index (χ0) is 12.3. The summed E-state index contributed by atoms with van der Waals surface area (Å²) in [7, 11) is 0. The third-order valence-corrected chi connectivity index (χ3v) is 3.00. The number of hydrogen-bond acceptors (Lipinski definition) is 2. The molecule has 1 aromatic rings. The highest BCUT2D eigenvalue weighted by atomic mass is 32.1. The van der Waals surface area contributed by atoms with Crippen molar-refractivity contribution in [1.29, 1.82) is 0 Å². The molecule has 1 aliphatic rings. The molecule has 0 aliphatic heterocycles. The lowest BCUT2D eigenvalue weighted by molar-refractivity contribution is 0.998. The average molecular weight is 247 g/mol. The van der Waals surface area contributed by atoms with Gasteiger partial charge in [0, 0.05) is 5.92 Å². The Balaban J connectivity index is 2.19. The highest BCUT2D eigenvalue weighted by molar-refractivity contribution is 7.80. The lowest BCUT2D eigenvalue weighted by Gasteiger charge is -2.06. The minimum absolute atomic E-state index is 0.216. The molecule has 0 saturated heterocycles. The first kappa shape index (κ1) is 12.0. The molecule has 17 heavy (non-hydrogen) atoms. The molecule has 0 bridgehead atoms. The Morgan fingerprint density at radius 2 is 2.06 bits per heavy atom. The number of thiocarbonyl (C=S) groups is 1. The van der Waals surface area contributed by atoms with Crippen LogP contribution in [-0.2, 0) is 6.42 Å². The van der Waals surface area contributed by atoms with E-state index in [1.165, 1.54) is 18.4 Å². The van der Waals surface area contributed by atoms with Gasteiger partial charge in [-0.25, -0.2) is 0 Å². The van der Waals surface area contributed by atoms with E-state index in [1.807, 2.05) is 0 Å². The standard InChI is InChI=1S/C13H17N3S/c1-2-9-3-5-10(6-4-9)12(11-7-8-11)15-16-13(14)17/h3-6,11H,2,7-8H2,1H3,(H3,14,16,17)/b15-12+. The molecule has 0 amide bonds. The van der Waals surface area contributed by atoms with E-state index in [9.17, 15) is 0 Å². The van der Waals surface area contributed by atoms with E-state index >= 15 is 0 Å². The Morgan fingerprint density at radius 3 is 2.53 bits per heavy atom. The van der Waals surface area contributed by atoms with Gasteiger partial charge in [-0.3, -0.25) is 5.43 Å². The lowest BCUT2D eigenvalue weighted by atomic mass is 10.0. The van der Waals surface area contributed by atoms with Crippen molar-refractivity contribution >= 4 is 23.0 Å². The molecule has 1 aromatic carbocycles. The van der Waals surface area contributed by atoms with Crippen LogP contribution in [0, 0.1) is 5.92 Å². The highest BCUT2D eigenvalue weighted by Crippen LogP contribution is 2.33. The zero-order valence-electron chi connectivity index (χ0n) is 9.94. The van der Waals surface area contributed by atoms with Crippen molar-refractivity contribution in [1.82, 2.24) is 5.43 Å². The van der Waals surface area contributed by atoms with E-state index < -0.39 is 0 Å². The predicted octanol–water partition coefficient (Wildman–Crippen LogP) is 2.20. The first-order valence-electron chi connectivity index (χ1n) is 5.93. The van der Waals surface area contributed by atoms with Crippen LogP contribution in [0.2, 0.25) is 0 Å². The minimum atomic E-state index is 0.216. The van der Waals surface area contributed by atoms with Gasteiger partial charge in [0.2, 0.25) is 0 Å². The monoisotopic (exact) mass is 247 g/mol. The molecular formula is C13H17N3S. The second kappa shape index (κ2) is 5.27. The molecule has 1 aliphatic carbocycles. The van der Waals surface area contributed by atoms with Crippen LogP contribution in [0.4, 0.5) is 0 Å². The Kier molecular flexibility index (Phi) is 3.74. The summed E-state index contributed by atoms with van der Waals surface area (Å²) in [5, 5.41) is 4.53. The molecule has 0 atom stereocenters. The molecule has 0 aromatic heterocycles. The predicted molar refractivity (Wildman–Crippen MR) is 75.0 cm³/mol. The summed E-state index contributed by atoms with van der Waals surface area (Å²) in [6.45, 7) is 2.15. The SMILES string of the molecule is CCc1ccc(/C(=N\NC(N)=S)C2CC2)cc1. The highest BCUT2D eigenvalue weighted by Gasteiger charge is 2.28. The van der Waals surface area contributed by atoms with E-state index in [4.69, 9.17) is 18.0 Å². The molecule has 0 heterocycles. The van der Waals surface area contributed by atoms with Gasteiger partial charge in [0.15, 0.2) is 5.11 Å². The summed E-state index contributed by atoms with van der Waals surface area (Å²) in [6, 6.07) is 8.54. The Morgan fingerprint density at radius 1 is 1.41 bits per heavy atom. The van der Waals surface area contributed by atoms with Gasteiger partial charge in [0.1, 0.15) is 0 Å². The number of hydrazone groups is 1. The fourth-order valence-corrected chi connectivity index (χ4v) is 1.82. The van der Waals surface area contributed by atoms with Crippen LogP contribution in [0.5, 0.6) is 0 Å². The van der Waals surface area contributed by atoms with Gasteiger partial charge in [-0.15, -0.1) is 0 Å². The van der Waals surface area contributed by atoms with Crippen molar-refractivity contribution in [2.75, 3.05) is 0 Å². The van der Waals surface area contributed by atoms with Crippen LogP contribution in [0.25, 0.3) is 0 Å². The molecule has 2 rings (SSSR count). The topological polar surface area (TPSA) is 50.4 Å². The van der Waals surface area contributed by atoms with E-state index in [1.54, 1.807) is 0 Å². The van der Waals surface area contributed by atoms with Gasteiger partial charge in [-0.1, -0.05) is 31.2 Å². The second-order valence-corrected chi connectivity index (χ2v) is 4.74. The van der Waals surface area contributed by atoms with Gasteiger partial charge >= 0.3 is 0 Å². The van der Waals surface area contributed by atoms with Crippen molar-refractivity contribution in [2.45, 2.75) is 26.2 Å². The quantitative estimate of drug-likeness (QED) is 0.487. The molecule has 0 spiro atoms. The average Bonchev–Trinajstić information content (AvgIpc) is 3.14. The van der Waals surface area contributed by atoms with Gasteiger partial charge in [0.05, 0.1) is 5.71 Å². The zero-order valence-corrected chi connectivity index (χ0v) is 10.8. The molecular weight excluding hydrogens is 230 g/mol. The van der Waals surface area contributed by atoms with Crippen molar-refractivity contribution in [3.8, 4) is 0 Å². The summed E-state index contributed by atoms with van der Waals surface area (Å²) in [6.07, 6.45) is 3.46. The fourth-order valence-electron chi connectivity index (χ4n) is 1.77.